The predicted octanol–water partition coefficient (Wildman–Crippen LogP) is 5.03. The first-order valence-corrected chi connectivity index (χ1v) is 27.9. The van der Waals surface area contributed by atoms with Crippen LogP contribution in [0.4, 0.5) is 22.7 Å². The molecule has 1 aliphatic rings. The first-order chi connectivity index (χ1) is 32.8. The average molecular weight is 1120 g/mol. The molecule has 0 spiro atoms. The van der Waals surface area contributed by atoms with Gasteiger partial charge in [0.15, 0.2) is 11.9 Å². The van der Waals surface area contributed by atoms with Gasteiger partial charge in [0.2, 0.25) is 11.8 Å². The molecule has 1 fully saturated rings. The van der Waals surface area contributed by atoms with Gasteiger partial charge in [-0.1, -0.05) is 51.3 Å². The summed E-state index contributed by atoms with van der Waals surface area (Å²) in [5, 5.41) is 13.3. The molecule has 0 radical (unpaired) electrons. The van der Waals surface area contributed by atoms with Crippen LogP contribution < -0.4 is 55.7 Å². The molecule has 69 heavy (non-hydrogen) atoms. The molecule has 0 aliphatic heterocycles. The van der Waals surface area contributed by atoms with Crippen LogP contribution >= 0.6 is 31.9 Å². The molecule has 1 saturated carbocycles. The lowest BCUT2D eigenvalue weighted by Crippen LogP contribution is -2.30. The minimum atomic E-state index is -3.10. The van der Waals surface area contributed by atoms with Gasteiger partial charge in [-0.3, -0.25) is 42.6 Å². The number of unbranched alkanes of at least 4 members (excludes halogenated alkanes) is 2. The molecule has 3 rings (SSSR count). The lowest BCUT2D eigenvalue weighted by molar-refractivity contribution is -0.117. The number of halogens is 2. The van der Waals surface area contributed by atoms with E-state index in [0.29, 0.717) is 79.0 Å². The molecule has 2 unspecified atom stereocenters. The summed E-state index contributed by atoms with van der Waals surface area (Å²) >= 11 is 7.03. The Hall–Kier alpha value is -5.07. The van der Waals surface area contributed by atoms with Crippen LogP contribution in [0.2, 0.25) is 0 Å². The molecule has 380 valence electrons. The lowest BCUT2D eigenvalue weighted by Gasteiger charge is -2.28. The van der Waals surface area contributed by atoms with Gasteiger partial charge in [-0.2, -0.15) is 0 Å². The van der Waals surface area contributed by atoms with E-state index in [1.807, 2.05) is 13.8 Å². The molecule has 2 aromatic rings. The molecule has 0 saturated heterocycles. The molecule has 4 amide bonds. The molecule has 16 N–H and O–H groups in total. The quantitative estimate of drug-likeness (QED) is 0.0148. The van der Waals surface area contributed by atoms with Crippen LogP contribution in [0.3, 0.4) is 0 Å². The van der Waals surface area contributed by atoms with Crippen LogP contribution in [0.15, 0.2) is 80.9 Å². The van der Waals surface area contributed by atoms with E-state index in [1.54, 1.807) is 43.5 Å². The Kier molecular flexibility index (Phi) is 24.1. The number of nitrogens with two attached hydrogens (primary N) is 6. The first-order valence-electron chi connectivity index (χ1n) is 22.8. The Morgan fingerprint density at radius 1 is 0.710 bits per heavy atom. The highest BCUT2D eigenvalue weighted by Crippen LogP contribution is 2.39. The highest BCUT2D eigenvalue weighted by atomic mass is 79.9. The van der Waals surface area contributed by atoms with Gasteiger partial charge in [0.25, 0.3) is 11.8 Å². The number of carbonyl (C=O) groups excluding carboxylic acids is 4. The molecule has 23 heteroatoms. The number of benzene rings is 2. The van der Waals surface area contributed by atoms with E-state index in [4.69, 9.17) is 34.4 Å². The third-order valence-corrected chi connectivity index (χ3v) is 17.7. The maximum absolute atomic E-state index is 15.2. The number of carbonyl (C=O) groups is 4. The van der Waals surface area contributed by atoms with Crippen LogP contribution in [0.5, 0.6) is 0 Å². The van der Waals surface area contributed by atoms with Crippen molar-refractivity contribution in [2.45, 2.75) is 108 Å². The van der Waals surface area contributed by atoms with Crippen LogP contribution in [0, 0.1) is 0 Å². The molecule has 1 aliphatic carbocycles. The Morgan fingerprint density at radius 2 is 1.19 bits per heavy atom. The van der Waals surface area contributed by atoms with Crippen molar-refractivity contribution in [2.24, 2.45) is 49.4 Å². The summed E-state index contributed by atoms with van der Waals surface area (Å²) in [5.74, 6) is -2.09. The zero-order chi connectivity index (χ0) is 51.3. The maximum atomic E-state index is 15.2. The lowest BCUT2D eigenvalue weighted by atomic mass is 10.0. The topological polar surface area (TPSA) is 344 Å². The van der Waals surface area contributed by atoms with Gasteiger partial charge < -0.3 is 55.7 Å². The number of nitrogens with zero attached hydrogens (tertiary/aromatic N) is 3. The van der Waals surface area contributed by atoms with Crippen molar-refractivity contribution in [2.75, 3.05) is 59.0 Å². The summed E-state index contributed by atoms with van der Waals surface area (Å²) in [4.78, 5) is 69.5. The van der Waals surface area contributed by atoms with Crippen molar-refractivity contribution in [3.05, 3.63) is 56.1 Å². The number of allylic oxidation sites excluding steroid dienone is 1. The summed E-state index contributed by atoms with van der Waals surface area (Å²) in [6, 6.07) is 6.46. The minimum Gasteiger partial charge on any atom is -0.370 e. The third-order valence-electron chi connectivity index (χ3n) is 10.7. The van der Waals surface area contributed by atoms with Crippen LogP contribution in [0.1, 0.15) is 98.3 Å². The number of hydrogen-bond donors (Lipinski definition) is 10. The summed E-state index contributed by atoms with van der Waals surface area (Å²) in [5.41, 5.74) is 35.1. The van der Waals surface area contributed by atoms with E-state index >= 15 is 4.21 Å². The second-order valence-corrected chi connectivity index (χ2v) is 23.2. The number of guanidine groups is 2. The van der Waals surface area contributed by atoms with Crippen molar-refractivity contribution in [1.82, 2.24) is 0 Å². The second-order valence-electron chi connectivity index (χ2n) is 16.0. The second kappa shape index (κ2) is 28.6. The summed E-state index contributed by atoms with van der Waals surface area (Å²) in [6.07, 6.45) is 7.84. The number of amides is 4. The maximum Gasteiger partial charge on any atom is 0.274 e. The van der Waals surface area contributed by atoms with Gasteiger partial charge in [0, 0.05) is 90.3 Å². The van der Waals surface area contributed by atoms with Gasteiger partial charge in [-0.15, -0.1) is 0 Å². The van der Waals surface area contributed by atoms with Crippen molar-refractivity contribution in [3.63, 3.8) is 0 Å². The zero-order valence-electron chi connectivity index (χ0n) is 39.9. The highest BCUT2D eigenvalue weighted by Gasteiger charge is 2.30. The predicted molar refractivity (Wildman–Crippen MR) is 293 cm³/mol. The Morgan fingerprint density at radius 3 is 1.62 bits per heavy atom. The fourth-order valence-corrected chi connectivity index (χ4v) is 13.5. The first kappa shape index (κ1) is 58.2. The number of anilines is 4. The van der Waals surface area contributed by atoms with E-state index in [1.165, 1.54) is 12.3 Å². The SMILES string of the molecule is CC=N/C(=C\C(C(=O)Nc1cc(Br)cc(NC(=O)CCCCN=C(N)N)c1S(=O)(=CCC)CCN)=C(/C)CC)C(=O)Nc1cc(Br)cc(NC(=O)CCCCN=C(N)N)c1S(=O)(CCN)=C1CCC1. The monoisotopic (exact) mass is 1120 g/mol. The Balaban J connectivity index is 2.17. The molecule has 2 aromatic carbocycles. The number of aliphatic imine (C=N–C) groups is 3. The van der Waals surface area contributed by atoms with Gasteiger partial charge >= 0.3 is 0 Å². The zero-order valence-corrected chi connectivity index (χ0v) is 44.7. The molecule has 2 atom stereocenters. The van der Waals surface area contributed by atoms with Crippen molar-refractivity contribution in [1.29, 1.82) is 0 Å². The fraction of sp³-hybridized carbons (Fsp3) is 0.457. The van der Waals surface area contributed by atoms with E-state index in [0.717, 1.165) is 11.3 Å². The minimum absolute atomic E-state index is 0.0272. The number of rotatable bonds is 26. The molecular weight excluding hydrogens is 1050 g/mol. The molecular formula is C46H69Br2N13O6S2. The van der Waals surface area contributed by atoms with Crippen molar-refractivity contribution >= 4 is 126 Å². The summed E-state index contributed by atoms with van der Waals surface area (Å²) < 4.78 is 31.1. The summed E-state index contributed by atoms with van der Waals surface area (Å²) in [7, 11) is -6.15. The smallest absolute Gasteiger partial charge is 0.274 e. The van der Waals surface area contributed by atoms with Gasteiger partial charge in [-0.05, 0) is 112 Å². The van der Waals surface area contributed by atoms with Crippen LogP contribution in [-0.2, 0) is 38.2 Å². The third kappa shape index (κ3) is 17.4. The largest absolute Gasteiger partial charge is 0.370 e. The van der Waals surface area contributed by atoms with Gasteiger partial charge in [0.05, 0.1) is 32.5 Å². The Bertz CT molecular complexity index is 2610. The van der Waals surface area contributed by atoms with Crippen molar-refractivity contribution < 1.29 is 27.6 Å². The van der Waals surface area contributed by atoms with Crippen molar-refractivity contribution in [3.8, 4) is 0 Å². The summed E-state index contributed by atoms with van der Waals surface area (Å²) in [6.45, 7) is 7.85. The Labute approximate surface area is 423 Å². The van der Waals surface area contributed by atoms with E-state index in [2.05, 4.69) is 68.1 Å². The number of hydrogen-bond acceptors (Lipinski definition) is 11. The van der Waals surface area contributed by atoms with E-state index < -0.39 is 30.9 Å². The van der Waals surface area contributed by atoms with E-state index in [9.17, 15) is 23.4 Å². The highest BCUT2D eigenvalue weighted by molar-refractivity contribution is 9.10. The van der Waals surface area contributed by atoms with Gasteiger partial charge in [0.1, 0.15) is 5.70 Å². The number of nitrogens with one attached hydrogen (secondary N) is 4. The molecule has 0 heterocycles. The fourth-order valence-electron chi connectivity index (χ4n) is 7.23. The van der Waals surface area contributed by atoms with Crippen LogP contribution in [-0.4, -0.2) is 98.1 Å². The van der Waals surface area contributed by atoms with E-state index in [-0.39, 0.29) is 105 Å². The molecule has 0 bridgehead atoms. The van der Waals surface area contributed by atoms with Gasteiger partial charge in [-0.25, -0.2) is 0 Å². The standard InChI is InChI=1S/C46H69Br2N13O6S2/c1-5-21-68(66,22-17-49)41-34(58-39(62)15-8-10-19-56-45(51)52)24-30(47)25-35(41)60-43(64)33(29(4)6-2)28-38(55-7-3)44(65)61-37-27-31(48)26-36(59-40(63)16-9-11-20-57-46(53)54)42(37)69(67,23-18-50)32-13-12-14-32/h7,21,24-28H,5-6,8-20,22-23,49-50H2,1-4H3,(H,58,62)(H,59,63)(H,60,64)(H,61,65)(H4,51,52,56)(H4,53,54,57)/b33-29-,38-28-,55-7?. The average Bonchev–Trinajstić information content (AvgIpc) is 3.23. The van der Waals surface area contributed by atoms with Crippen LogP contribution in [0.25, 0.3) is 0 Å². The molecule has 0 aromatic heterocycles. The molecule has 19 nitrogen and oxygen atoms in total. The normalized spacial score (nSPS) is 14.6.